The molecule has 0 unspecified atom stereocenters. The summed E-state index contributed by atoms with van der Waals surface area (Å²) in [4.78, 5) is 9.57. The number of benzene rings is 1. The highest BCUT2D eigenvalue weighted by Crippen LogP contribution is 2.22. The number of aryl methyl sites for hydroxylation is 1. The largest absolute Gasteiger partial charge is 0.415 e. The van der Waals surface area contributed by atoms with E-state index >= 15 is 0 Å². The summed E-state index contributed by atoms with van der Waals surface area (Å²) < 4.78 is 5.74. The summed E-state index contributed by atoms with van der Waals surface area (Å²) in [6.07, 6.45) is 0. The van der Waals surface area contributed by atoms with Gasteiger partial charge in [0, 0.05) is 0 Å². The average molecular weight is 234 g/mol. The Morgan fingerprint density at radius 2 is 2.13 bits per heavy atom. The smallest absolute Gasteiger partial charge is 0.258 e. The first-order valence-corrected chi connectivity index (χ1v) is 5.63. The van der Waals surface area contributed by atoms with Gasteiger partial charge in [-0.05, 0) is 36.8 Å². The summed E-state index contributed by atoms with van der Waals surface area (Å²) in [5.41, 5.74) is 3.42. The Balaban J connectivity index is 2.51. The van der Waals surface area contributed by atoms with Crippen LogP contribution in [-0.4, -0.2) is 9.97 Å². The molecule has 2 heterocycles. The van der Waals surface area contributed by atoms with Gasteiger partial charge < -0.3 is 4.42 Å². The van der Waals surface area contributed by atoms with Crippen LogP contribution in [0.4, 0.5) is 0 Å². The molecule has 74 valence electrons. The van der Waals surface area contributed by atoms with Gasteiger partial charge in [-0.2, -0.15) is 0 Å². The number of nitrogens with zero attached hydrogens (tertiary/aromatic N) is 2. The summed E-state index contributed by atoms with van der Waals surface area (Å²) >= 11 is 6.30. The fraction of sp³-hybridized carbons (Fsp3) is 0.100. The highest BCUT2D eigenvalue weighted by Gasteiger charge is 2.05. The molecule has 0 radical (unpaired) electrons. The molecule has 0 aliphatic rings. The molecule has 0 saturated heterocycles. The van der Waals surface area contributed by atoms with Crippen molar-refractivity contribution in [3.8, 4) is 0 Å². The molecular formula is C10H6N2OS2. The van der Waals surface area contributed by atoms with E-state index in [-0.39, 0.29) is 0 Å². The Kier molecular flexibility index (Phi) is 1.83. The van der Waals surface area contributed by atoms with Crippen molar-refractivity contribution in [1.82, 2.24) is 9.97 Å². The molecule has 1 aromatic carbocycles. The Morgan fingerprint density at radius 3 is 3.00 bits per heavy atom. The number of hydrogen-bond acceptors (Lipinski definition) is 5. The van der Waals surface area contributed by atoms with Gasteiger partial charge in [-0.25, -0.2) is 9.97 Å². The lowest BCUT2D eigenvalue weighted by atomic mass is 10.2. The van der Waals surface area contributed by atoms with Gasteiger partial charge in [0.05, 0.1) is 11.0 Å². The fourth-order valence-corrected chi connectivity index (χ4v) is 2.36. The molecule has 3 nitrogen and oxygen atoms in total. The molecule has 3 aromatic rings. The monoisotopic (exact) mass is 234 g/mol. The highest BCUT2D eigenvalue weighted by atomic mass is 32.1. The van der Waals surface area contributed by atoms with Crippen LogP contribution in [0.1, 0.15) is 5.56 Å². The van der Waals surface area contributed by atoms with Gasteiger partial charge in [0.2, 0.25) is 0 Å². The molecule has 2 aromatic heterocycles. The van der Waals surface area contributed by atoms with Crippen LogP contribution in [0.3, 0.4) is 0 Å². The highest BCUT2D eigenvalue weighted by molar-refractivity contribution is 7.73. The van der Waals surface area contributed by atoms with Crippen molar-refractivity contribution in [2.75, 3.05) is 0 Å². The van der Waals surface area contributed by atoms with Crippen molar-refractivity contribution in [2.45, 2.75) is 6.92 Å². The molecule has 0 spiro atoms. The van der Waals surface area contributed by atoms with E-state index in [2.05, 4.69) is 9.97 Å². The zero-order chi connectivity index (χ0) is 10.4. The van der Waals surface area contributed by atoms with Gasteiger partial charge in [-0.1, -0.05) is 17.4 Å². The summed E-state index contributed by atoms with van der Waals surface area (Å²) in [7, 11) is 0. The van der Waals surface area contributed by atoms with E-state index in [0.717, 1.165) is 15.9 Å². The maximum atomic E-state index is 5.27. The number of aromatic nitrogens is 2. The van der Waals surface area contributed by atoms with Crippen LogP contribution in [0.5, 0.6) is 0 Å². The fourth-order valence-electron chi connectivity index (χ4n) is 1.44. The van der Waals surface area contributed by atoms with E-state index in [1.807, 2.05) is 25.1 Å². The van der Waals surface area contributed by atoms with E-state index in [4.69, 9.17) is 16.6 Å². The molecule has 0 aliphatic carbocycles. The molecule has 0 atom stereocenters. The van der Waals surface area contributed by atoms with Gasteiger partial charge in [0.1, 0.15) is 0 Å². The summed E-state index contributed by atoms with van der Waals surface area (Å²) in [6.45, 7) is 2.03. The Bertz CT molecular complexity index is 714. The molecule has 0 N–H and O–H groups in total. The third kappa shape index (κ3) is 1.44. The molecule has 0 bridgehead atoms. The van der Waals surface area contributed by atoms with E-state index < -0.39 is 0 Å². The van der Waals surface area contributed by atoms with Crippen LogP contribution in [0.2, 0.25) is 0 Å². The van der Waals surface area contributed by atoms with Gasteiger partial charge in [-0.15, -0.1) is 0 Å². The van der Waals surface area contributed by atoms with Crippen LogP contribution in [0, 0.1) is 10.9 Å². The maximum Gasteiger partial charge on any atom is 0.258 e. The molecule has 15 heavy (non-hydrogen) atoms. The maximum absolute atomic E-state index is 5.27. The van der Waals surface area contributed by atoms with Crippen molar-refractivity contribution in [2.24, 2.45) is 0 Å². The summed E-state index contributed by atoms with van der Waals surface area (Å²) in [6, 6.07) is 5.95. The number of fused-ring (bicyclic) bond motifs is 2. The Labute approximate surface area is 94.4 Å². The minimum Gasteiger partial charge on any atom is -0.415 e. The second-order valence-electron chi connectivity index (χ2n) is 3.28. The first kappa shape index (κ1) is 8.94. The normalized spacial score (nSPS) is 11.3. The Morgan fingerprint density at radius 1 is 1.27 bits per heavy atom. The van der Waals surface area contributed by atoms with Gasteiger partial charge in [-0.3, -0.25) is 0 Å². The molecule has 0 fully saturated rings. The molecule has 0 aliphatic heterocycles. The molecular weight excluding hydrogens is 228 g/mol. The van der Waals surface area contributed by atoms with Crippen LogP contribution in [0.15, 0.2) is 22.6 Å². The molecule has 5 heteroatoms. The number of rotatable bonds is 0. The predicted octanol–water partition coefficient (Wildman–Crippen LogP) is 3.48. The van der Waals surface area contributed by atoms with Crippen LogP contribution < -0.4 is 0 Å². The lowest BCUT2D eigenvalue weighted by molar-refractivity contribution is 0.597. The average Bonchev–Trinajstić information content (AvgIpc) is 2.53. The summed E-state index contributed by atoms with van der Waals surface area (Å²) in [5.74, 6) is 0. The topological polar surface area (TPSA) is 38.9 Å². The van der Waals surface area contributed by atoms with E-state index in [1.165, 1.54) is 16.9 Å². The van der Waals surface area contributed by atoms with E-state index in [9.17, 15) is 0 Å². The summed E-state index contributed by atoms with van der Waals surface area (Å²) in [5, 5.41) is 0. The van der Waals surface area contributed by atoms with Gasteiger partial charge in [0.15, 0.2) is 4.83 Å². The van der Waals surface area contributed by atoms with Crippen molar-refractivity contribution >= 4 is 45.1 Å². The van der Waals surface area contributed by atoms with Crippen LogP contribution in [-0.2, 0) is 0 Å². The molecule has 0 saturated carbocycles. The molecule has 3 rings (SSSR count). The van der Waals surface area contributed by atoms with E-state index in [0.29, 0.717) is 9.73 Å². The van der Waals surface area contributed by atoms with Crippen LogP contribution >= 0.6 is 23.6 Å². The van der Waals surface area contributed by atoms with Gasteiger partial charge in [0.25, 0.3) is 9.73 Å². The zero-order valence-corrected chi connectivity index (χ0v) is 9.48. The molecule has 0 amide bonds. The van der Waals surface area contributed by atoms with Crippen LogP contribution in [0.25, 0.3) is 21.6 Å². The second-order valence-corrected chi connectivity index (χ2v) is 4.87. The van der Waals surface area contributed by atoms with Crippen molar-refractivity contribution in [3.05, 3.63) is 27.8 Å². The minimum absolute atomic E-state index is 0.469. The standard InChI is InChI=1S/C10H6N2OS2/c1-5-2-3-6-7(4-5)12-9-8(11-6)13-10(14)15-9/h2-4H,1H3. The van der Waals surface area contributed by atoms with Crippen molar-refractivity contribution < 1.29 is 4.42 Å². The third-order valence-electron chi connectivity index (χ3n) is 2.12. The predicted molar refractivity (Wildman–Crippen MR) is 62.8 cm³/mol. The lowest BCUT2D eigenvalue weighted by Crippen LogP contribution is -1.84. The number of hydrogen-bond donors (Lipinski definition) is 0. The SMILES string of the molecule is Cc1ccc2nc3oc(=S)sc3nc2c1. The first-order chi connectivity index (χ1) is 7.22. The Hall–Kier alpha value is -1.33. The zero-order valence-electron chi connectivity index (χ0n) is 7.85. The quantitative estimate of drug-likeness (QED) is 0.558. The third-order valence-corrected chi connectivity index (χ3v) is 3.16. The minimum atomic E-state index is 0.469. The van der Waals surface area contributed by atoms with Crippen molar-refractivity contribution in [1.29, 1.82) is 0 Å². The van der Waals surface area contributed by atoms with Crippen molar-refractivity contribution in [3.63, 3.8) is 0 Å². The van der Waals surface area contributed by atoms with Gasteiger partial charge >= 0.3 is 0 Å². The van der Waals surface area contributed by atoms with E-state index in [1.54, 1.807) is 0 Å². The first-order valence-electron chi connectivity index (χ1n) is 4.40. The lowest BCUT2D eigenvalue weighted by Gasteiger charge is -1.96. The second kappa shape index (κ2) is 3.08.